The van der Waals surface area contributed by atoms with Crippen LogP contribution < -0.4 is 0 Å². The molecule has 0 fully saturated rings. The molecule has 0 spiro atoms. The van der Waals surface area contributed by atoms with Crippen molar-refractivity contribution in [1.82, 2.24) is 4.90 Å². The highest BCUT2D eigenvalue weighted by atomic mass is 16.2. The average Bonchev–Trinajstić information content (AvgIpc) is 2.25. The molecular formula is C13H18NO. The number of hydrogen-bond acceptors (Lipinski definition) is 1. The van der Waals surface area contributed by atoms with Gasteiger partial charge in [-0.2, -0.15) is 0 Å². The van der Waals surface area contributed by atoms with Gasteiger partial charge in [0.1, 0.15) is 0 Å². The molecule has 0 N–H and O–H groups in total. The molecule has 15 heavy (non-hydrogen) atoms. The van der Waals surface area contributed by atoms with Crippen molar-refractivity contribution in [3.8, 4) is 0 Å². The summed E-state index contributed by atoms with van der Waals surface area (Å²) < 4.78 is 0. The van der Waals surface area contributed by atoms with Gasteiger partial charge in [0.15, 0.2) is 0 Å². The Labute approximate surface area is 91.9 Å². The fourth-order valence-corrected chi connectivity index (χ4v) is 1.33. The SMILES string of the molecule is CN(C)C(=O)CC[CH]Cc1ccccc1. The van der Waals surface area contributed by atoms with E-state index in [1.54, 1.807) is 19.0 Å². The molecule has 0 atom stereocenters. The Hall–Kier alpha value is -1.31. The highest BCUT2D eigenvalue weighted by Crippen LogP contribution is 2.05. The number of carbonyl (C=O) groups is 1. The second kappa shape index (κ2) is 6.23. The third-order valence-corrected chi connectivity index (χ3v) is 2.28. The number of nitrogens with zero attached hydrogens (tertiary/aromatic N) is 1. The van der Waals surface area contributed by atoms with Crippen molar-refractivity contribution < 1.29 is 4.79 Å². The molecule has 2 heteroatoms. The lowest BCUT2D eigenvalue weighted by Crippen LogP contribution is -2.21. The zero-order valence-corrected chi connectivity index (χ0v) is 9.44. The summed E-state index contributed by atoms with van der Waals surface area (Å²) in [7, 11) is 3.58. The third-order valence-electron chi connectivity index (χ3n) is 2.28. The van der Waals surface area contributed by atoms with Crippen LogP contribution in [0.1, 0.15) is 18.4 Å². The summed E-state index contributed by atoms with van der Waals surface area (Å²) in [6.07, 6.45) is 4.57. The molecule has 81 valence electrons. The van der Waals surface area contributed by atoms with Crippen molar-refractivity contribution in [1.29, 1.82) is 0 Å². The van der Waals surface area contributed by atoms with E-state index in [1.807, 2.05) is 18.2 Å². The van der Waals surface area contributed by atoms with Crippen LogP contribution in [0.15, 0.2) is 30.3 Å². The van der Waals surface area contributed by atoms with Crippen LogP contribution in [-0.2, 0) is 11.2 Å². The predicted octanol–water partition coefficient (Wildman–Crippen LogP) is 2.30. The average molecular weight is 204 g/mol. The van der Waals surface area contributed by atoms with E-state index in [1.165, 1.54) is 5.56 Å². The van der Waals surface area contributed by atoms with Crippen LogP contribution in [0.2, 0.25) is 0 Å². The minimum absolute atomic E-state index is 0.194. The molecule has 0 bridgehead atoms. The van der Waals surface area contributed by atoms with Gasteiger partial charge in [0.2, 0.25) is 5.91 Å². The number of rotatable bonds is 5. The van der Waals surface area contributed by atoms with Gasteiger partial charge in [-0.3, -0.25) is 4.79 Å². The molecule has 0 aromatic heterocycles. The lowest BCUT2D eigenvalue weighted by Gasteiger charge is -2.09. The van der Waals surface area contributed by atoms with Gasteiger partial charge in [0.25, 0.3) is 0 Å². The van der Waals surface area contributed by atoms with Crippen LogP contribution in [0, 0.1) is 6.42 Å². The first-order valence-electron chi connectivity index (χ1n) is 5.26. The first-order valence-corrected chi connectivity index (χ1v) is 5.26. The fourth-order valence-electron chi connectivity index (χ4n) is 1.33. The Morgan fingerprint density at radius 3 is 2.53 bits per heavy atom. The molecule has 2 nitrogen and oxygen atoms in total. The monoisotopic (exact) mass is 204 g/mol. The summed E-state index contributed by atoms with van der Waals surface area (Å²) in [5.74, 6) is 0.194. The molecule has 1 rings (SSSR count). The summed E-state index contributed by atoms with van der Waals surface area (Å²) in [5, 5.41) is 0. The topological polar surface area (TPSA) is 20.3 Å². The first kappa shape index (κ1) is 11.8. The fraction of sp³-hybridized carbons (Fsp3) is 0.385. The number of carbonyl (C=O) groups excluding carboxylic acids is 1. The second-order valence-corrected chi connectivity index (χ2v) is 3.81. The molecule has 0 saturated heterocycles. The van der Waals surface area contributed by atoms with E-state index in [0.717, 1.165) is 12.8 Å². The van der Waals surface area contributed by atoms with E-state index in [-0.39, 0.29) is 5.91 Å². The van der Waals surface area contributed by atoms with E-state index in [4.69, 9.17) is 0 Å². The first-order chi connectivity index (χ1) is 7.20. The minimum Gasteiger partial charge on any atom is -0.349 e. The van der Waals surface area contributed by atoms with Crippen LogP contribution in [0.25, 0.3) is 0 Å². The molecule has 0 aliphatic heterocycles. The molecule has 1 aromatic rings. The predicted molar refractivity (Wildman–Crippen MR) is 62.4 cm³/mol. The van der Waals surface area contributed by atoms with Crippen LogP contribution >= 0.6 is 0 Å². The Morgan fingerprint density at radius 1 is 1.27 bits per heavy atom. The minimum atomic E-state index is 0.194. The maximum Gasteiger partial charge on any atom is 0.222 e. The quantitative estimate of drug-likeness (QED) is 0.674. The molecule has 1 aromatic carbocycles. The molecule has 1 amide bonds. The Bertz CT molecular complexity index is 293. The number of benzene rings is 1. The lowest BCUT2D eigenvalue weighted by molar-refractivity contribution is -0.128. The van der Waals surface area contributed by atoms with Crippen LogP contribution in [0.4, 0.5) is 0 Å². The maximum absolute atomic E-state index is 11.3. The molecule has 0 aliphatic rings. The van der Waals surface area contributed by atoms with Gasteiger partial charge in [-0.15, -0.1) is 0 Å². The summed E-state index contributed by atoms with van der Waals surface area (Å²) >= 11 is 0. The normalized spacial score (nSPS) is 10.0. The van der Waals surface area contributed by atoms with Crippen LogP contribution in [0.3, 0.4) is 0 Å². The van der Waals surface area contributed by atoms with Crippen molar-refractivity contribution in [3.63, 3.8) is 0 Å². The Balaban J connectivity index is 2.15. The molecule has 0 unspecified atom stereocenters. The van der Waals surface area contributed by atoms with Gasteiger partial charge in [-0.25, -0.2) is 0 Å². The van der Waals surface area contributed by atoms with Crippen LogP contribution in [0.5, 0.6) is 0 Å². The van der Waals surface area contributed by atoms with Crippen molar-refractivity contribution in [2.75, 3.05) is 14.1 Å². The van der Waals surface area contributed by atoms with Gasteiger partial charge in [-0.1, -0.05) is 30.3 Å². The summed E-state index contributed by atoms with van der Waals surface area (Å²) in [6, 6.07) is 10.3. The van der Waals surface area contributed by atoms with Gasteiger partial charge in [0.05, 0.1) is 0 Å². The van der Waals surface area contributed by atoms with E-state index >= 15 is 0 Å². The zero-order valence-electron chi connectivity index (χ0n) is 9.44. The lowest BCUT2D eigenvalue weighted by atomic mass is 10.1. The van der Waals surface area contributed by atoms with Crippen molar-refractivity contribution in [2.24, 2.45) is 0 Å². The van der Waals surface area contributed by atoms with Gasteiger partial charge >= 0.3 is 0 Å². The maximum atomic E-state index is 11.3. The highest BCUT2D eigenvalue weighted by molar-refractivity contribution is 5.75. The highest BCUT2D eigenvalue weighted by Gasteiger charge is 2.02. The van der Waals surface area contributed by atoms with E-state index in [0.29, 0.717) is 6.42 Å². The van der Waals surface area contributed by atoms with Gasteiger partial charge in [0, 0.05) is 20.5 Å². The molecule has 0 aliphatic carbocycles. The van der Waals surface area contributed by atoms with Crippen LogP contribution in [-0.4, -0.2) is 24.9 Å². The van der Waals surface area contributed by atoms with E-state index in [2.05, 4.69) is 18.6 Å². The second-order valence-electron chi connectivity index (χ2n) is 3.81. The Morgan fingerprint density at radius 2 is 1.93 bits per heavy atom. The molecule has 1 radical (unpaired) electrons. The molecular weight excluding hydrogens is 186 g/mol. The number of amides is 1. The largest absolute Gasteiger partial charge is 0.349 e. The van der Waals surface area contributed by atoms with Crippen molar-refractivity contribution in [3.05, 3.63) is 42.3 Å². The van der Waals surface area contributed by atoms with E-state index in [9.17, 15) is 4.79 Å². The number of unbranched alkanes of at least 4 members (excludes halogenated alkanes) is 1. The van der Waals surface area contributed by atoms with Crippen molar-refractivity contribution >= 4 is 5.91 Å². The van der Waals surface area contributed by atoms with Crippen molar-refractivity contribution in [2.45, 2.75) is 19.3 Å². The smallest absolute Gasteiger partial charge is 0.222 e. The Kier molecular flexibility index (Phi) is 4.88. The summed E-state index contributed by atoms with van der Waals surface area (Å²) in [4.78, 5) is 12.9. The number of hydrogen-bond donors (Lipinski definition) is 0. The zero-order chi connectivity index (χ0) is 11.1. The molecule has 0 saturated carbocycles. The van der Waals surface area contributed by atoms with Gasteiger partial charge in [-0.05, 0) is 24.8 Å². The molecule has 0 heterocycles. The third kappa shape index (κ3) is 4.63. The van der Waals surface area contributed by atoms with E-state index < -0.39 is 0 Å². The standard InChI is InChI=1S/C13H18NO/c1-14(2)13(15)11-7-6-10-12-8-4-3-5-9-12/h3-6,8-9H,7,10-11H2,1-2H3. The summed E-state index contributed by atoms with van der Waals surface area (Å²) in [5.41, 5.74) is 1.30. The summed E-state index contributed by atoms with van der Waals surface area (Å²) in [6.45, 7) is 0. The van der Waals surface area contributed by atoms with Gasteiger partial charge < -0.3 is 4.90 Å².